The highest BCUT2D eigenvalue weighted by Crippen LogP contribution is 2.40. The molecular formula is C48H28N4O. The summed E-state index contributed by atoms with van der Waals surface area (Å²) in [5.74, 6) is 0.821. The van der Waals surface area contributed by atoms with Gasteiger partial charge < -0.3 is 4.42 Å². The number of imidazole rings is 1. The first-order valence-electron chi connectivity index (χ1n) is 17.9. The maximum absolute atomic E-state index is 6.09. The molecule has 0 saturated heterocycles. The van der Waals surface area contributed by atoms with E-state index in [2.05, 4.69) is 155 Å². The van der Waals surface area contributed by atoms with E-state index < -0.39 is 0 Å². The summed E-state index contributed by atoms with van der Waals surface area (Å²) in [6, 6.07) is 60.2. The van der Waals surface area contributed by atoms with Crippen molar-refractivity contribution >= 4 is 82.1 Å². The minimum atomic E-state index is 0.821. The van der Waals surface area contributed by atoms with Gasteiger partial charge in [-0.25, -0.2) is 9.97 Å². The predicted octanol–water partition coefficient (Wildman–Crippen LogP) is 12.5. The minimum absolute atomic E-state index is 0.821. The molecule has 0 aliphatic heterocycles. The second-order valence-electron chi connectivity index (χ2n) is 13.8. The Morgan fingerprint density at radius 2 is 1.02 bits per heavy atom. The van der Waals surface area contributed by atoms with Crippen LogP contribution in [-0.2, 0) is 0 Å². The first-order chi connectivity index (χ1) is 26.3. The number of hydrogen-bond donors (Lipinski definition) is 0. The molecule has 4 heterocycles. The summed E-state index contributed by atoms with van der Waals surface area (Å²) >= 11 is 0. The molecule has 0 N–H and O–H groups in total. The van der Waals surface area contributed by atoms with Crippen LogP contribution in [0.4, 0.5) is 0 Å². The second kappa shape index (κ2) is 10.6. The van der Waals surface area contributed by atoms with Gasteiger partial charge in [0.15, 0.2) is 0 Å². The molecule has 0 bridgehead atoms. The predicted molar refractivity (Wildman–Crippen MR) is 218 cm³/mol. The maximum Gasteiger partial charge on any atom is 0.221 e. The first-order valence-corrected chi connectivity index (χ1v) is 17.9. The summed E-state index contributed by atoms with van der Waals surface area (Å²) < 4.78 is 10.6. The van der Waals surface area contributed by atoms with Crippen molar-refractivity contribution in [2.45, 2.75) is 0 Å². The molecule has 5 heteroatoms. The number of fused-ring (bicyclic) bond motifs is 13. The molecule has 12 aromatic rings. The Balaban J connectivity index is 1.08. The smallest absolute Gasteiger partial charge is 0.221 e. The average molecular weight is 677 g/mol. The van der Waals surface area contributed by atoms with Gasteiger partial charge in [0.05, 0.1) is 27.6 Å². The lowest BCUT2D eigenvalue weighted by Crippen LogP contribution is -2.06. The van der Waals surface area contributed by atoms with Gasteiger partial charge in [0.2, 0.25) is 5.95 Å². The van der Waals surface area contributed by atoms with Crippen LogP contribution in [0.2, 0.25) is 0 Å². The molecule has 12 rings (SSSR count). The Kier molecular flexibility index (Phi) is 5.71. The zero-order chi connectivity index (χ0) is 34.6. The quantitative estimate of drug-likeness (QED) is 0.187. The van der Waals surface area contributed by atoms with Crippen LogP contribution in [0.5, 0.6) is 0 Å². The Labute approximate surface area is 302 Å². The number of nitrogens with zero attached hydrogens (tertiary/aromatic N) is 4. The summed E-state index contributed by atoms with van der Waals surface area (Å²) in [4.78, 5) is 10.5. The monoisotopic (exact) mass is 676 g/mol. The van der Waals surface area contributed by atoms with Gasteiger partial charge >= 0.3 is 0 Å². The molecule has 0 spiro atoms. The van der Waals surface area contributed by atoms with E-state index in [1.54, 1.807) is 0 Å². The molecule has 4 aromatic heterocycles. The third-order valence-corrected chi connectivity index (χ3v) is 10.9. The fraction of sp³-hybridized carbons (Fsp3) is 0. The summed E-state index contributed by atoms with van der Waals surface area (Å²) in [5, 5.41) is 8.13. The van der Waals surface area contributed by atoms with Crippen molar-refractivity contribution in [1.82, 2.24) is 18.9 Å². The zero-order valence-corrected chi connectivity index (χ0v) is 28.4. The van der Waals surface area contributed by atoms with Crippen LogP contribution >= 0.6 is 0 Å². The van der Waals surface area contributed by atoms with E-state index in [9.17, 15) is 0 Å². The standard InChI is InChI=1S/C48H28N4O/c1-2-10-34-31(9-1)21-25-43-46(34)38-28-32(29-17-19-30(20-18-29)33-23-26-45-37(27-33)35-11-4-8-16-44(35)53-45)22-24-41(38)51(43)48-50-39-13-5-3-12-36(39)47-49-40-14-6-7-15-42(40)52(47)48/h1-28H. The third-order valence-electron chi connectivity index (χ3n) is 10.9. The molecule has 0 saturated carbocycles. The highest BCUT2D eigenvalue weighted by molar-refractivity contribution is 6.22. The van der Waals surface area contributed by atoms with Crippen molar-refractivity contribution in [2.75, 3.05) is 0 Å². The van der Waals surface area contributed by atoms with Gasteiger partial charge in [0, 0.05) is 26.9 Å². The molecule has 0 aliphatic rings. The molecule has 0 radical (unpaired) electrons. The van der Waals surface area contributed by atoms with Crippen LogP contribution in [0.3, 0.4) is 0 Å². The van der Waals surface area contributed by atoms with Crippen LogP contribution in [0, 0.1) is 0 Å². The van der Waals surface area contributed by atoms with E-state index in [-0.39, 0.29) is 0 Å². The number of benzene rings is 8. The molecule has 5 nitrogen and oxygen atoms in total. The molecule has 0 unspecified atom stereocenters. The third kappa shape index (κ3) is 4.07. The van der Waals surface area contributed by atoms with E-state index in [0.717, 1.165) is 72.1 Å². The van der Waals surface area contributed by atoms with Crippen molar-refractivity contribution in [3.05, 3.63) is 170 Å². The van der Waals surface area contributed by atoms with Gasteiger partial charge in [-0.05, 0) is 93.7 Å². The number of aromatic nitrogens is 4. The summed E-state index contributed by atoms with van der Waals surface area (Å²) in [5.41, 5.74) is 12.5. The second-order valence-corrected chi connectivity index (χ2v) is 13.8. The molecule has 8 aromatic carbocycles. The summed E-state index contributed by atoms with van der Waals surface area (Å²) in [6.07, 6.45) is 0. The normalized spacial score (nSPS) is 12.2. The van der Waals surface area contributed by atoms with Crippen molar-refractivity contribution in [3.63, 3.8) is 0 Å². The lowest BCUT2D eigenvalue weighted by Gasteiger charge is -2.13. The van der Waals surface area contributed by atoms with Gasteiger partial charge in [-0.1, -0.05) is 109 Å². The van der Waals surface area contributed by atoms with E-state index in [1.165, 1.54) is 38.2 Å². The Morgan fingerprint density at radius 3 is 1.87 bits per heavy atom. The van der Waals surface area contributed by atoms with Gasteiger partial charge in [-0.3, -0.25) is 8.97 Å². The number of para-hydroxylation sites is 4. The van der Waals surface area contributed by atoms with Crippen molar-refractivity contribution in [3.8, 4) is 28.2 Å². The first kappa shape index (κ1) is 28.5. The molecule has 0 atom stereocenters. The van der Waals surface area contributed by atoms with Gasteiger partial charge in [0.1, 0.15) is 16.8 Å². The van der Waals surface area contributed by atoms with Crippen LogP contribution in [0.25, 0.3) is 110 Å². The van der Waals surface area contributed by atoms with E-state index >= 15 is 0 Å². The van der Waals surface area contributed by atoms with Crippen molar-refractivity contribution < 1.29 is 4.42 Å². The Hall–Kier alpha value is -7.24. The highest BCUT2D eigenvalue weighted by Gasteiger charge is 2.21. The van der Waals surface area contributed by atoms with E-state index in [0.29, 0.717) is 0 Å². The summed E-state index contributed by atoms with van der Waals surface area (Å²) in [6.45, 7) is 0. The lowest BCUT2D eigenvalue weighted by atomic mass is 9.97. The van der Waals surface area contributed by atoms with E-state index in [4.69, 9.17) is 14.4 Å². The molecular weight excluding hydrogens is 649 g/mol. The van der Waals surface area contributed by atoms with Gasteiger partial charge in [0.25, 0.3) is 0 Å². The molecule has 0 fully saturated rings. The number of hydrogen-bond acceptors (Lipinski definition) is 3. The summed E-state index contributed by atoms with van der Waals surface area (Å²) in [7, 11) is 0. The van der Waals surface area contributed by atoms with Crippen molar-refractivity contribution in [2.24, 2.45) is 0 Å². The Morgan fingerprint density at radius 1 is 0.396 bits per heavy atom. The highest BCUT2D eigenvalue weighted by atomic mass is 16.3. The minimum Gasteiger partial charge on any atom is -0.456 e. The van der Waals surface area contributed by atoms with Gasteiger partial charge in [-0.15, -0.1) is 0 Å². The fourth-order valence-corrected chi connectivity index (χ4v) is 8.42. The fourth-order valence-electron chi connectivity index (χ4n) is 8.42. The number of rotatable bonds is 3. The SMILES string of the molecule is c1ccc2c(c1)ccc1c2c2cc(-c3ccc(-c4ccc5oc6ccccc6c5c4)cc3)ccc2n1-c1nc2ccccc2c2nc3ccccc3n12. The number of furan rings is 1. The Bertz CT molecular complexity index is 3460. The van der Waals surface area contributed by atoms with Crippen LogP contribution in [0.1, 0.15) is 0 Å². The van der Waals surface area contributed by atoms with Crippen molar-refractivity contribution in [1.29, 1.82) is 0 Å². The molecule has 53 heavy (non-hydrogen) atoms. The largest absolute Gasteiger partial charge is 0.456 e. The zero-order valence-electron chi connectivity index (χ0n) is 28.4. The molecule has 0 aliphatic carbocycles. The topological polar surface area (TPSA) is 48.3 Å². The molecule has 0 amide bonds. The lowest BCUT2D eigenvalue weighted by molar-refractivity contribution is 0.669. The van der Waals surface area contributed by atoms with Crippen LogP contribution in [0.15, 0.2) is 174 Å². The van der Waals surface area contributed by atoms with Crippen LogP contribution < -0.4 is 0 Å². The van der Waals surface area contributed by atoms with Gasteiger partial charge in [-0.2, -0.15) is 0 Å². The van der Waals surface area contributed by atoms with Crippen LogP contribution in [-0.4, -0.2) is 18.9 Å². The maximum atomic E-state index is 6.09. The molecule has 246 valence electrons. The van der Waals surface area contributed by atoms with E-state index in [1.807, 2.05) is 24.3 Å². The average Bonchev–Trinajstić information content (AvgIpc) is 3.90.